The van der Waals surface area contributed by atoms with E-state index in [1.807, 2.05) is 31.3 Å². The molecular weight excluding hydrogens is 463 g/mol. The number of imide groups is 1. The standard InChI is InChI=1S/C26H27FN6O3/c1-16-22(32-7-3-2-4-23(32)28-16)15-30-8-10-31(11-9-30)21-13-17(27)12-18-19(21)14-33(26(18)36)20-5-6-24(34)29-25(20)35/h2-4,7,12-13,20H,5-6,8-11,14-15H2,1H3,(H,29,34,35). The van der Waals surface area contributed by atoms with E-state index in [1.165, 1.54) is 17.0 Å². The van der Waals surface area contributed by atoms with Crippen molar-refractivity contribution < 1.29 is 18.8 Å². The normalized spacial score (nSPS) is 20.8. The summed E-state index contributed by atoms with van der Waals surface area (Å²) in [6.07, 6.45) is 2.50. The van der Waals surface area contributed by atoms with E-state index in [1.54, 1.807) is 0 Å². The first kappa shape index (κ1) is 22.7. The van der Waals surface area contributed by atoms with E-state index in [9.17, 15) is 18.8 Å². The molecule has 0 spiro atoms. The highest BCUT2D eigenvalue weighted by Gasteiger charge is 2.41. The molecule has 1 atom stereocenters. The van der Waals surface area contributed by atoms with Crippen LogP contribution in [0.5, 0.6) is 0 Å². The number of piperidine rings is 1. The van der Waals surface area contributed by atoms with Crippen LogP contribution in [-0.4, -0.2) is 69.1 Å². The van der Waals surface area contributed by atoms with Gasteiger partial charge in [0.05, 0.1) is 11.4 Å². The number of carbonyl (C=O) groups is 3. The van der Waals surface area contributed by atoms with Crippen LogP contribution in [0.3, 0.4) is 0 Å². The van der Waals surface area contributed by atoms with Crippen LogP contribution >= 0.6 is 0 Å². The van der Waals surface area contributed by atoms with Crippen molar-refractivity contribution in [3.05, 3.63) is 64.9 Å². The molecule has 2 saturated heterocycles. The fourth-order valence-electron chi connectivity index (χ4n) is 5.60. The Bertz CT molecular complexity index is 1390. The number of benzene rings is 1. The fourth-order valence-corrected chi connectivity index (χ4v) is 5.60. The molecule has 36 heavy (non-hydrogen) atoms. The molecule has 0 saturated carbocycles. The number of hydrogen-bond donors (Lipinski definition) is 1. The van der Waals surface area contributed by atoms with Crippen LogP contribution in [-0.2, 0) is 22.7 Å². The van der Waals surface area contributed by atoms with Crippen molar-refractivity contribution in [3.63, 3.8) is 0 Å². The van der Waals surface area contributed by atoms with Crippen molar-refractivity contribution in [2.24, 2.45) is 0 Å². The lowest BCUT2D eigenvalue weighted by molar-refractivity contribution is -0.136. The van der Waals surface area contributed by atoms with Crippen LogP contribution in [0.15, 0.2) is 36.5 Å². The zero-order valence-corrected chi connectivity index (χ0v) is 20.0. The SMILES string of the molecule is Cc1nc2ccccn2c1CN1CCN(c2cc(F)cc3c2CN(C2CCC(=O)NC2=O)C3=O)CC1. The highest BCUT2D eigenvalue weighted by atomic mass is 19.1. The maximum Gasteiger partial charge on any atom is 0.255 e. The van der Waals surface area contributed by atoms with E-state index in [2.05, 4.69) is 24.5 Å². The molecule has 3 aromatic rings. The summed E-state index contributed by atoms with van der Waals surface area (Å²) >= 11 is 0. The Morgan fingerprint density at radius 3 is 2.69 bits per heavy atom. The molecular formula is C26H27FN6O3. The van der Waals surface area contributed by atoms with Gasteiger partial charge in [0.15, 0.2) is 0 Å². The second kappa shape index (κ2) is 8.70. The summed E-state index contributed by atoms with van der Waals surface area (Å²) in [5, 5.41) is 2.31. The maximum atomic E-state index is 14.6. The zero-order chi connectivity index (χ0) is 25.0. The lowest BCUT2D eigenvalue weighted by atomic mass is 10.0. The van der Waals surface area contributed by atoms with Crippen molar-refractivity contribution >= 4 is 29.1 Å². The van der Waals surface area contributed by atoms with Crippen LogP contribution in [0.25, 0.3) is 5.65 Å². The van der Waals surface area contributed by atoms with Gasteiger partial charge >= 0.3 is 0 Å². The Hall–Kier alpha value is -3.79. The molecule has 5 heterocycles. The van der Waals surface area contributed by atoms with E-state index in [0.29, 0.717) is 24.3 Å². The van der Waals surface area contributed by atoms with Crippen LogP contribution in [0.1, 0.15) is 40.2 Å². The van der Waals surface area contributed by atoms with E-state index < -0.39 is 17.8 Å². The first-order chi connectivity index (χ1) is 17.4. The third-order valence-corrected chi connectivity index (χ3v) is 7.51. The monoisotopic (exact) mass is 490 g/mol. The minimum atomic E-state index is -0.718. The third-order valence-electron chi connectivity index (χ3n) is 7.51. The molecule has 2 fully saturated rings. The number of halogens is 1. The third kappa shape index (κ3) is 3.81. The molecule has 1 unspecified atom stereocenters. The van der Waals surface area contributed by atoms with Gasteiger partial charge in [-0.2, -0.15) is 0 Å². The van der Waals surface area contributed by atoms with Gasteiger partial charge in [0, 0.05) is 68.7 Å². The molecule has 3 aliphatic rings. The number of carbonyl (C=O) groups excluding carboxylic acids is 3. The number of hydrogen-bond acceptors (Lipinski definition) is 6. The number of nitrogens with one attached hydrogen (secondary N) is 1. The number of rotatable bonds is 4. The second-order valence-electron chi connectivity index (χ2n) is 9.69. The van der Waals surface area contributed by atoms with Gasteiger partial charge in [-0.3, -0.25) is 24.6 Å². The molecule has 0 radical (unpaired) electrons. The summed E-state index contributed by atoms with van der Waals surface area (Å²) in [7, 11) is 0. The summed E-state index contributed by atoms with van der Waals surface area (Å²) < 4.78 is 16.7. The number of aryl methyl sites for hydroxylation is 1. The van der Waals surface area contributed by atoms with Gasteiger partial charge in [-0.15, -0.1) is 0 Å². The van der Waals surface area contributed by atoms with Gasteiger partial charge < -0.3 is 14.2 Å². The molecule has 10 heteroatoms. The van der Waals surface area contributed by atoms with Gasteiger partial charge in [0.2, 0.25) is 11.8 Å². The lowest BCUT2D eigenvalue weighted by Gasteiger charge is -2.37. The van der Waals surface area contributed by atoms with Crippen LogP contribution < -0.4 is 10.2 Å². The number of amides is 3. The van der Waals surface area contributed by atoms with Crippen molar-refractivity contribution in [3.8, 4) is 0 Å². The number of fused-ring (bicyclic) bond motifs is 2. The molecule has 1 N–H and O–H groups in total. The van der Waals surface area contributed by atoms with E-state index in [-0.39, 0.29) is 31.2 Å². The number of anilines is 1. The molecule has 0 aliphatic carbocycles. The van der Waals surface area contributed by atoms with E-state index >= 15 is 0 Å². The minimum absolute atomic E-state index is 0.186. The predicted octanol–water partition coefficient (Wildman–Crippen LogP) is 1.87. The minimum Gasteiger partial charge on any atom is -0.369 e. The molecule has 9 nitrogen and oxygen atoms in total. The van der Waals surface area contributed by atoms with Gasteiger partial charge in [-0.1, -0.05) is 6.07 Å². The Balaban J connectivity index is 1.19. The topological polar surface area (TPSA) is 90.3 Å². The van der Waals surface area contributed by atoms with Crippen molar-refractivity contribution in [1.29, 1.82) is 0 Å². The van der Waals surface area contributed by atoms with Crippen LogP contribution in [0, 0.1) is 12.7 Å². The second-order valence-corrected chi connectivity index (χ2v) is 9.69. The molecule has 3 amide bonds. The number of pyridine rings is 1. The van der Waals surface area contributed by atoms with E-state index in [0.717, 1.165) is 42.2 Å². The molecule has 2 aromatic heterocycles. The first-order valence-corrected chi connectivity index (χ1v) is 12.3. The Labute approximate surface area is 207 Å². The molecule has 186 valence electrons. The number of aromatic nitrogens is 2. The Kier molecular flexibility index (Phi) is 5.48. The summed E-state index contributed by atoms with van der Waals surface area (Å²) in [4.78, 5) is 47.7. The Morgan fingerprint density at radius 2 is 1.92 bits per heavy atom. The quantitative estimate of drug-likeness (QED) is 0.562. The van der Waals surface area contributed by atoms with Gasteiger partial charge in [0.25, 0.3) is 5.91 Å². The predicted molar refractivity (Wildman–Crippen MR) is 130 cm³/mol. The first-order valence-electron chi connectivity index (χ1n) is 12.3. The molecule has 6 rings (SSSR count). The largest absolute Gasteiger partial charge is 0.369 e. The van der Waals surface area contributed by atoms with Gasteiger partial charge in [0.1, 0.15) is 17.5 Å². The number of nitrogens with zero attached hydrogens (tertiary/aromatic N) is 5. The average Bonchev–Trinajstić information content (AvgIpc) is 3.35. The van der Waals surface area contributed by atoms with Crippen molar-refractivity contribution in [1.82, 2.24) is 24.5 Å². The highest BCUT2D eigenvalue weighted by Crippen LogP contribution is 2.35. The van der Waals surface area contributed by atoms with Crippen LogP contribution in [0.4, 0.5) is 10.1 Å². The summed E-state index contributed by atoms with van der Waals surface area (Å²) in [5.74, 6) is -1.62. The molecule has 1 aromatic carbocycles. The summed E-state index contributed by atoms with van der Waals surface area (Å²) in [6, 6.07) is 8.01. The fraction of sp³-hybridized carbons (Fsp3) is 0.385. The highest BCUT2D eigenvalue weighted by molar-refractivity contribution is 6.06. The van der Waals surface area contributed by atoms with E-state index in [4.69, 9.17) is 0 Å². The number of imidazole rings is 1. The van der Waals surface area contributed by atoms with Gasteiger partial charge in [-0.25, -0.2) is 9.37 Å². The molecule has 0 bridgehead atoms. The summed E-state index contributed by atoms with van der Waals surface area (Å²) in [6.45, 7) is 5.99. The van der Waals surface area contributed by atoms with Crippen LogP contribution in [0.2, 0.25) is 0 Å². The number of piperazine rings is 1. The zero-order valence-electron chi connectivity index (χ0n) is 20.0. The van der Waals surface area contributed by atoms with Gasteiger partial charge in [-0.05, 0) is 37.6 Å². The van der Waals surface area contributed by atoms with Crippen molar-refractivity contribution in [2.75, 3.05) is 31.1 Å². The average molecular weight is 491 g/mol. The summed E-state index contributed by atoms with van der Waals surface area (Å²) in [5.41, 5.74) is 4.87. The smallest absolute Gasteiger partial charge is 0.255 e. The lowest BCUT2D eigenvalue weighted by Crippen LogP contribution is -2.52. The molecule has 3 aliphatic heterocycles. The maximum absolute atomic E-state index is 14.6. The Morgan fingerprint density at radius 1 is 1.11 bits per heavy atom. The van der Waals surface area contributed by atoms with Crippen molar-refractivity contribution in [2.45, 2.75) is 38.9 Å².